The first kappa shape index (κ1) is 13.2. The van der Waals surface area contributed by atoms with Crippen molar-refractivity contribution < 1.29 is 0 Å². The van der Waals surface area contributed by atoms with E-state index in [2.05, 4.69) is 6.58 Å². The fourth-order valence-electron chi connectivity index (χ4n) is 1.28. The quantitative estimate of drug-likeness (QED) is 0.469. The minimum Gasteiger partial charge on any atom is -0.195 e. The Bertz CT molecular complexity index is 275. The van der Waals surface area contributed by atoms with Crippen molar-refractivity contribution in [3.8, 4) is 18.2 Å². The lowest BCUT2D eigenvalue weighted by atomic mass is 9.87. The van der Waals surface area contributed by atoms with E-state index in [4.69, 9.17) is 15.8 Å². The molecule has 3 nitrogen and oxygen atoms in total. The first-order chi connectivity index (χ1) is 7.24. The summed E-state index contributed by atoms with van der Waals surface area (Å²) in [6.07, 6.45) is 7.09. The third-order valence-electron chi connectivity index (χ3n) is 2.28. The molecule has 78 valence electrons. The highest BCUT2D eigenvalue weighted by Crippen LogP contribution is 2.22. The maximum absolute atomic E-state index is 8.71. The van der Waals surface area contributed by atoms with Crippen molar-refractivity contribution in [2.24, 2.45) is 5.41 Å². The number of unbranched alkanes of at least 4 members (excludes halogenated alkanes) is 4. The van der Waals surface area contributed by atoms with Crippen LogP contribution < -0.4 is 0 Å². The maximum atomic E-state index is 8.71. The standard InChI is InChI=1S/C12H15N3/c1-2-3-4-5-6-7-8-12(9-13,10-14)11-15/h2H,1,3-8H2. The van der Waals surface area contributed by atoms with Crippen LogP contribution in [0.1, 0.15) is 38.5 Å². The molecule has 0 aliphatic heterocycles. The van der Waals surface area contributed by atoms with Crippen molar-refractivity contribution in [1.29, 1.82) is 15.8 Å². The molecule has 0 aliphatic rings. The molecule has 0 aliphatic carbocycles. The molecule has 0 spiro atoms. The van der Waals surface area contributed by atoms with Gasteiger partial charge in [0.25, 0.3) is 0 Å². The molecule has 0 unspecified atom stereocenters. The van der Waals surface area contributed by atoms with Gasteiger partial charge in [0.05, 0.1) is 0 Å². The number of allylic oxidation sites excluding steroid dienone is 1. The van der Waals surface area contributed by atoms with Crippen LogP contribution in [0.2, 0.25) is 0 Å². The van der Waals surface area contributed by atoms with Crippen LogP contribution in [0.15, 0.2) is 12.7 Å². The topological polar surface area (TPSA) is 71.4 Å². The molecule has 0 aromatic carbocycles. The number of hydrogen-bond acceptors (Lipinski definition) is 3. The van der Waals surface area contributed by atoms with Crippen LogP contribution in [-0.4, -0.2) is 0 Å². The van der Waals surface area contributed by atoms with Crippen LogP contribution in [0.25, 0.3) is 0 Å². The van der Waals surface area contributed by atoms with Crippen molar-refractivity contribution in [1.82, 2.24) is 0 Å². The van der Waals surface area contributed by atoms with Gasteiger partial charge in [-0.25, -0.2) is 0 Å². The molecule has 0 rings (SSSR count). The van der Waals surface area contributed by atoms with E-state index in [-0.39, 0.29) is 0 Å². The third-order valence-corrected chi connectivity index (χ3v) is 2.28. The predicted octanol–water partition coefficient (Wildman–Crippen LogP) is 3.07. The molecule has 0 amide bonds. The normalized spacial score (nSPS) is 9.67. The minimum atomic E-state index is -1.43. The Morgan fingerprint density at radius 2 is 1.47 bits per heavy atom. The molecular weight excluding hydrogens is 186 g/mol. The van der Waals surface area contributed by atoms with Crippen molar-refractivity contribution in [3.63, 3.8) is 0 Å². The Balaban J connectivity index is 3.77. The van der Waals surface area contributed by atoms with Crippen molar-refractivity contribution in [2.75, 3.05) is 0 Å². The van der Waals surface area contributed by atoms with E-state index in [0.29, 0.717) is 6.42 Å². The number of hydrogen-bond donors (Lipinski definition) is 0. The summed E-state index contributed by atoms with van der Waals surface area (Å²) in [7, 11) is 0. The van der Waals surface area contributed by atoms with Gasteiger partial charge in [0.1, 0.15) is 18.2 Å². The first-order valence-corrected chi connectivity index (χ1v) is 5.09. The van der Waals surface area contributed by atoms with E-state index < -0.39 is 5.41 Å². The van der Waals surface area contributed by atoms with Gasteiger partial charge in [-0.1, -0.05) is 18.9 Å². The van der Waals surface area contributed by atoms with Crippen LogP contribution in [-0.2, 0) is 0 Å². The van der Waals surface area contributed by atoms with Crippen LogP contribution in [0.5, 0.6) is 0 Å². The Labute approximate surface area is 91.2 Å². The van der Waals surface area contributed by atoms with Crippen LogP contribution in [0, 0.1) is 39.4 Å². The van der Waals surface area contributed by atoms with Gasteiger partial charge in [0.2, 0.25) is 5.41 Å². The lowest BCUT2D eigenvalue weighted by Gasteiger charge is -2.07. The van der Waals surface area contributed by atoms with Crippen LogP contribution >= 0.6 is 0 Å². The summed E-state index contributed by atoms with van der Waals surface area (Å²) in [5, 5.41) is 26.1. The van der Waals surface area contributed by atoms with Gasteiger partial charge in [-0.05, 0) is 25.7 Å². The Morgan fingerprint density at radius 1 is 0.933 bits per heavy atom. The first-order valence-electron chi connectivity index (χ1n) is 5.09. The van der Waals surface area contributed by atoms with Gasteiger partial charge in [0, 0.05) is 0 Å². The second-order valence-electron chi connectivity index (χ2n) is 3.48. The lowest BCUT2D eigenvalue weighted by molar-refractivity contribution is 0.531. The number of rotatable bonds is 7. The summed E-state index contributed by atoms with van der Waals surface area (Å²) in [5.41, 5.74) is -1.43. The Hall–Kier alpha value is -1.79. The molecule has 3 heteroatoms. The fourth-order valence-corrected chi connectivity index (χ4v) is 1.28. The summed E-state index contributed by atoms with van der Waals surface area (Å²) >= 11 is 0. The number of nitriles is 3. The van der Waals surface area contributed by atoms with E-state index in [9.17, 15) is 0 Å². The van der Waals surface area contributed by atoms with Gasteiger partial charge in [-0.3, -0.25) is 0 Å². The summed E-state index contributed by atoms with van der Waals surface area (Å²) in [6, 6.07) is 5.34. The van der Waals surface area contributed by atoms with Crippen LogP contribution in [0.3, 0.4) is 0 Å². The second kappa shape index (κ2) is 7.60. The molecule has 0 saturated heterocycles. The highest BCUT2D eigenvalue weighted by atomic mass is 14.4. The zero-order chi connectivity index (χ0) is 11.6. The molecule has 0 atom stereocenters. The predicted molar refractivity (Wildman–Crippen MR) is 57.2 cm³/mol. The summed E-state index contributed by atoms with van der Waals surface area (Å²) in [6.45, 7) is 3.63. The van der Waals surface area contributed by atoms with E-state index in [1.54, 1.807) is 18.2 Å². The smallest absolute Gasteiger partial charge is 0.195 e. The van der Waals surface area contributed by atoms with E-state index >= 15 is 0 Å². The monoisotopic (exact) mass is 201 g/mol. The van der Waals surface area contributed by atoms with E-state index in [1.165, 1.54) is 0 Å². The highest BCUT2D eigenvalue weighted by molar-refractivity contribution is 5.25. The van der Waals surface area contributed by atoms with E-state index in [0.717, 1.165) is 32.1 Å². The average Bonchev–Trinajstić information content (AvgIpc) is 2.29. The maximum Gasteiger partial charge on any atom is 0.228 e. The van der Waals surface area contributed by atoms with Crippen molar-refractivity contribution in [2.45, 2.75) is 38.5 Å². The second-order valence-corrected chi connectivity index (χ2v) is 3.48. The third kappa shape index (κ3) is 4.84. The Morgan fingerprint density at radius 3 is 1.93 bits per heavy atom. The molecule has 0 radical (unpaired) electrons. The van der Waals surface area contributed by atoms with E-state index in [1.807, 2.05) is 6.08 Å². The molecule has 0 fully saturated rings. The molecule has 15 heavy (non-hydrogen) atoms. The lowest BCUT2D eigenvalue weighted by Crippen LogP contribution is -2.12. The average molecular weight is 201 g/mol. The molecule has 0 N–H and O–H groups in total. The van der Waals surface area contributed by atoms with Crippen molar-refractivity contribution >= 4 is 0 Å². The largest absolute Gasteiger partial charge is 0.228 e. The molecular formula is C12H15N3. The highest BCUT2D eigenvalue weighted by Gasteiger charge is 2.28. The summed E-state index contributed by atoms with van der Waals surface area (Å²) in [4.78, 5) is 0. The van der Waals surface area contributed by atoms with Gasteiger partial charge in [-0.15, -0.1) is 6.58 Å². The molecule has 0 aromatic rings. The van der Waals surface area contributed by atoms with Gasteiger partial charge < -0.3 is 0 Å². The van der Waals surface area contributed by atoms with Crippen LogP contribution in [0.4, 0.5) is 0 Å². The van der Waals surface area contributed by atoms with Gasteiger partial charge in [-0.2, -0.15) is 15.8 Å². The van der Waals surface area contributed by atoms with Crippen molar-refractivity contribution in [3.05, 3.63) is 12.7 Å². The van der Waals surface area contributed by atoms with Gasteiger partial charge in [0.15, 0.2) is 0 Å². The molecule has 0 bridgehead atoms. The van der Waals surface area contributed by atoms with Gasteiger partial charge >= 0.3 is 0 Å². The molecule has 0 aromatic heterocycles. The molecule has 0 heterocycles. The summed E-state index contributed by atoms with van der Waals surface area (Å²) < 4.78 is 0. The number of nitrogens with zero attached hydrogens (tertiary/aromatic N) is 3. The molecule has 0 saturated carbocycles. The summed E-state index contributed by atoms with van der Waals surface area (Å²) in [5.74, 6) is 0. The minimum absolute atomic E-state index is 0.352. The zero-order valence-electron chi connectivity index (χ0n) is 8.87. The Kier molecular flexibility index (Phi) is 6.69. The fraction of sp³-hybridized carbons (Fsp3) is 0.583. The SMILES string of the molecule is C=CCCCCCCC(C#N)(C#N)C#N. The zero-order valence-corrected chi connectivity index (χ0v) is 8.87.